The Hall–Kier alpha value is -1.40. The molecule has 0 amide bonds. The van der Waals surface area contributed by atoms with E-state index in [1.807, 2.05) is 0 Å². The molecule has 0 spiro atoms. The van der Waals surface area contributed by atoms with Crippen molar-refractivity contribution in [3.05, 3.63) is 34.5 Å². The molecule has 0 atom stereocenters. The zero-order chi connectivity index (χ0) is 10.1. The molecule has 1 aromatic carbocycles. The predicted molar refractivity (Wildman–Crippen MR) is 44.2 cm³/mol. The van der Waals surface area contributed by atoms with Crippen LogP contribution in [0.4, 0.5) is 0 Å². The Bertz CT molecular complexity index is 477. The van der Waals surface area contributed by atoms with Crippen molar-refractivity contribution >= 4 is 10.1 Å². The molecule has 6 heteroatoms. The second-order valence-corrected chi connectivity index (χ2v) is 3.72. The molecule has 1 rings (SSSR count). The Morgan fingerprint density at radius 1 is 1.08 bits per heavy atom. The van der Waals surface area contributed by atoms with Crippen LogP contribution in [0.2, 0.25) is 0 Å². The molecular formula is C7H6O5S. The predicted octanol–water partition coefficient (Wildman–Crippen LogP) is -0.000900. The van der Waals surface area contributed by atoms with Gasteiger partial charge in [0.15, 0.2) is 5.75 Å². The number of hydrogen-bond acceptors (Lipinski definition) is 4. The minimum absolute atomic E-state index is 0.440. The molecule has 0 aliphatic rings. The standard InChI is InChI=1S/C7H6O5S/c8-6-3-1-5(13(10,11)12)2-4-7(6)9/h1-4H,(H,8,9)(H,10,11,12). The van der Waals surface area contributed by atoms with Gasteiger partial charge in [-0.15, -0.1) is 0 Å². The highest BCUT2D eigenvalue weighted by atomic mass is 32.2. The Morgan fingerprint density at radius 3 is 2.15 bits per heavy atom. The summed E-state index contributed by atoms with van der Waals surface area (Å²) in [6.07, 6.45) is 0. The Kier molecular flexibility index (Phi) is 2.35. The van der Waals surface area contributed by atoms with E-state index in [-0.39, 0.29) is 0 Å². The van der Waals surface area contributed by atoms with Crippen molar-refractivity contribution in [3.8, 4) is 5.75 Å². The maximum atomic E-state index is 10.8. The highest BCUT2D eigenvalue weighted by Gasteiger charge is 2.07. The lowest BCUT2D eigenvalue weighted by atomic mass is 10.5. The van der Waals surface area contributed by atoms with Gasteiger partial charge in [-0.1, -0.05) is 0 Å². The maximum Gasteiger partial charge on any atom is 0.294 e. The maximum absolute atomic E-state index is 10.8. The lowest BCUT2D eigenvalue weighted by Crippen LogP contribution is -1.96. The molecule has 13 heavy (non-hydrogen) atoms. The van der Waals surface area contributed by atoms with Gasteiger partial charge in [0.25, 0.3) is 10.1 Å². The van der Waals surface area contributed by atoms with Crippen molar-refractivity contribution in [2.75, 3.05) is 0 Å². The third kappa shape index (κ3) is 2.27. The summed E-state index contributed by atoms with van der Waals surface area (Å²) < 4.78 is 29.7. The van der Waals surface area contributed by atoms with Gasteiger partial charge in [0.05, 0.1) is 4.90 Å². The van der Waals surface area contributed by atoms with Gasteiger partial charge in [0.1, 0.15) is 0 Å². The monoisotopic (exact) mass is 202 g/mol. The summed E-state index contributed by atoms with van der Waals surface area (Å²) in [6.45, 7) is 0. The van der Waals surface area contributed by atoms with Crippen LogP contribution in [-0.4, -0.2) is 18.1 Å². The van der Waals surface area contributed by atoms with Gasteiger partial charge in [-0.25, -0.2) is 0 Å². The summed E-state index contributed by atoms with van der Waals surface area (Å²) in [5.74, 6) is -0.574. The van der Waals surface area contributed by atoms with Crippen molar-refractivity contribution in [1.82, 2.24) is 0 Å². The molecule has 0 fully saturated rings. The summed E-state index contributed by atoms with van der Waals surface area (Å²) >= 11 is 0. The summed E-state index contributed by atoms with van der Waals surface area (Å²) in [5.41, 5.74) is -0.713. The molecule has 0 aromatic heterocycles. The van der Waals surface area contributed by atoms with Crippen LogP contribution < -0.4 is 5.43 Å². The van der Waals surface area contributed by atoms with Crippen LogP contribution in [-0.2, 0) is 10.1 Å². The second kappa shape index (κ2) is 3.15. The minimum atomic E-state index is -4.33. The average molecular weight is 202 g/mol. The fourth-order valence-corrected chi connectivity index (χ4v) is 1.19. The van der Waals surface area contributed by atoms with E-state index in [9.17, 15) is 13.2 Å². The zero-order valence-corrected chi connectivity index (χ0v) is 7.15. The minimum Gasteiger partial charge on any atom is -0.504 e. The zero-order valence-electron chi connectivity index (χ0n) is 6.34. The van der Waals surface area contributed by atoms with E-state index in [1.165, 1.54) is 0 Å². The summed E-state index contributed by atoms with van der Waals surface area (Å²) in [7, 11) is -4.33. The molecule has 0 aliphatic carbocycles. The summed E-state index contributed by atoms with van der Waals surface area (Å²) in [5, 5.41) is 8.88. The smallest absolute Gasteiger partial charge is 0.294 e. The fraction of sp³-hybridized carbons (Fsp3) is 0. The van der Waals surface area contributed by atoms with Crippen molar-refractivity contribution in [2.45, 2.75) is 4.90 Å². The van der Waals surface area contributed by atoms with Gasteiger partial charge in [0.2, 0.25) is 5.43 Å². The van der Waals surface area contributed by atoms with Crippen LogP contribution in [0.15, 0.2) is 34.0 Å². The first kappa shape index (κ1) is 9.69. The van der Waals surface area contributed by atoms with Gasteiger partial charge in [-0.3, -0.25) is 9.35 Å². The molecule has 0 radical (unpaired) electrons. The average Bonchev–Trinajstić information content (AvgIpc) is 2.14. The van der Waals surface area contributed by atoms with E-state index >= 15 is 0 Å². The molecule has 0 bridgehead atoms. The number of rotatable bonds is 1. The Labute approximate surface area is 74.0 Å². The van der Waals surface area contributed by atoms with Crippen molar-refractivity contribution in [2.24, 2.45) is 0 Å². The molecule has 0 aliphatic heterocycles. The molecule has 1 aromatic rings. The molecular weight excluding hydrogens is 196 g/mol. The van der Waals surface area contributed by atoms with Crippen LogP contribution >= 0.6 is 0 Å². The SMILES string of the molecule is O=c1ccc(S(=O)(=O)O)ccc1O. The molecule has 2 N–H and O–H groups in total. The first-order chi connectivity index (χ1) is 5.91. The van der Waals surface area contributed by atoms with E-state index in [4.69, 9.17) is 9.66 Å². The van der Waals surface area contributed by atoms with Crippen LogP contribution in [0.5, 0.6) is 5.75 Å². The van der Waals surface area contributed by atoms with Gasteiger partial charge in [0, 0.05) is 0 Å². The highest BCUT2D eigenvalue weighted by Crippen LogP contribution is 2.07. The van der Waals surface area contributed by atoms with Crippen molar-refractivity contribution in [3.63, 3.8) is 0 Å². The van der Waals surface area contributed by atoms with Crippen LogP contribution in [0.1, 0.15) is 0 Å². The largest absolute Gasteiger partial charge is 0.504 e. The quantitative estimate of drug-likeness (QED) is 0.625. The van der Waals surface area contributed by atoms with Gasteiger partial charge >= 0.3 is 0 Å². The lowest BCUT2D eigenvalue weighted by molar-refractivity contribution is 0.471. The lowest BCUT2D eigenvalue weighted by Gasteiger charge is -1.88. The van der Waals surface area contributed by atoms with Gasteiger partial charge < -0.3 is 5.11 Å². The van der Waals surface area contributed by atoms with Crippen molar-refractivity contribution in [1.29, 1.82) is 0 Å². The Balaban J connectivity index is 3.51. The normalized spacial score (nSPS) is 11.2. The summed E-state index contributed by atoms with van der Waals surface area (Å²) in [4.78, 5) is 10.3. The number of aromatic hydroxyl groups is 1. The van der Waals surface area contributed by atoms with E-state index in [2.05, 4.69) is 0 Å². The van der Waals surface area contributed by atoms with Crippen LogP contribution in [0, 0.1) is 0 Å². The first-order valence-electron chi connectivity index (χ1n) is 3.22. The van der Waals surface area contributed by atoms with E-state index in [1.54, 1.807) is 0 Å². The summed E-state index contributed by atoms with van der Waals surface area (Å²) in [6, 6.07) is 3.62. The topological polar surface area (TPSA) is 91.7 Å². The van der Waals surface area contributed by atoms with E-state index < -0.39 is 26.2 Å². The third-order valence-corrected chi connectivity index (χ3v) is 2.22. The van der Waals surface area contributed by atoms with Gasteiger partial charge in [-0.2, -0.15) is 8.42 Å². The Morgan fingerprint density at radius 2 is 1.62 bits per heavy atom. The second-order valence-electron chi connectivity index (χ2n) is 2.29. The van der Waals surface area contributed by atoms with Gasteiger partial charge in [-0.05, 0) is 24.3 Å². The van der Waals surface area contributed by atoms with Crippen molar-refractivity contribution < 1.29 is 18.1 Å². The van der Waals surface area contributed by atoms with E-state index in [0.29, 0.717) is 0 Å². The molecule has 0 unspecified atom stereocenters. The third-order valence-electron chi connectivity index (χ3n) is 1.35. The fourth-order valence-electron chi connectivity index (χ4n) is 0.714. The molecule has 0 saturated heterocycles. The molecule has 0 heterocycles. The van der Waals surface area contributed by atoms with Crippen LogP contribution in [0.25, 0.3) is 0 Å². The number of hydrogen-bond donors (Lipinski definition) is 2. The molecule has 70 valence electrons. The molecule has 5 nitrogen and oxygen atoms in total. The molecule has 0 saturated carbocycles. The van der Waals surface area contributed by atoms with Crippen LogP contribution in [0.3, 0.4) is 0 Å². The first-order valence-corrected chi connectivity index (χ1v) is 4.66. The highest BCUT2D eigenvalue weighted by molar-refractivity contribution is 7.85. The van der Waals surface area contributed by atoms with E-state index in [0.717, 1.165) is 24.3 Å².